The number of aryl methyl sites for hydroxylation is 1. The predicted octanol–water partition coefficient (Wildman–Crippen LogP) is 4.63. The molecule has 1 unspecified atom stereocenters. The second-order valence-electron chi connectivity index (χ2n) is 4.52. The largest absolute Gasteiger partial charge is 0.353 e. The van der Waals surface area contributed by atoms with E-state index in [0.29, 0.717) is 5.52 Å². The van der Waals surface area contributed by atoms with Crippen LogP contribution in [0.15, 0.2) is 24.4 Å². The molecule has 0 aliphatic heterocycles. The molecule has 1 N–H and O–H groups in total. The summed E-state index contributed by atoms with van der Waals surface area (Å²) in [4.78, 5) is 10.1. The topological polar surface area (TPSA) is 37.8 Å². The van der Waals surface area contributed by atoms with E-state index in [2.05, 4.69) is 29.1 Å². The minimum Gasteiger partial charge on any atom is -0.353 e. The van der Waals surface area contributed by atoms with Gasteiger partial charge in [0.15, 0.2) is 5.13 Å². The third kappa shape index (κ3) is 2.66. The Balaban J connectivity index is 1.81. The molecule has 0 fully saturated rings. The van der Waals surface area contributed by atoms with E-state index in [1.165, 1.54) is 28.3 Å². The van der Waals surface area contributed by atoms with Gasteiger partial charge in [-0.05, 0) is 25.5 Å². The summed E-state index contributed by atoms with van der Waals surface area (Å²) in [7, 11) is 0. The van der Waals surface area contributed by atoms with Crippen molar-refractivity contribution in [3.8, 4) is 0 Å². The molecular formula is C14H14FN3S2. The Hall–Kier alpha value is -1.53. The van der Waals surface area contributed by atoms with E-state index >= 15 is 0 Å². The lowest BCUT2D eigenvalue weighted by molar-refractivity contribution is 0.629. The van der Waals surface area contributed by atoms with Crippen molar-refractivity contribution in [1.82, 2.24) is 9.97 Å². The molecular weight excluding hydrogens is 293 g/mol. The smallest absolute Gasteiger partial charge is 0.184 e. The van der Waals surface area contributed by atoms with Gasteiger partial charge in [0.2, 0.25) is 0 Å². The molecule has 0 aliphatic carbocycles. The van der Waals surface area contributed by atoms with Crippen LogP contribution in [0.5, 0.6) is 0 Å². The lowest BCUT2D eigenvalue weighted by Gasteiger charge is -2.08. The molecule has 3 aromatic rings. The Labute approximate surface area is 124 Å². The normalized spacial score (nSPS) is 12.8. The first-order chi connectivity index (χ1) is 9.65. The zero-order valence-corrected chi connectivity index (χ0v) is 12.8. The highest BCUT2D eigenvalue weighted by atomic mass is 32.1. The van der Waals surface area contributed by atoms with E-state index in [-0.39, 0.29) is 11.9 Å². The molecule has 0 bridgehead atoms. The van der Waals surface area contributed by atoms with Crippen molar-refractivity contribution >= 4 is 38.0 Å². The van der Waals surface area contributed by atoms with Crippen LogP contribution in [-0.4, -0.2) is 9.97 Å². The molecule has 0 amide bonds. The number of rotatable bonds is 4. The molecule has 0 saturated heterocycles. The second kappa shape index (κ2) is 5.46. The highest BCUT2D eigenvalue weighted by molar-refractivity contribution is 7.22. The maximum absolute atomic E-state index is 13.2. The van der Waals surface area contributed by atoms with Gasteiger partial charge in [-0.25, -0.2) is 14.4 Å². The van der Waals surface area contributed by atoms with Gasteiger partial charge in [-0.3, -0.25) is 0 Å². The Morgan fingerprint density at radius 3 is 2.95 bits per heavy atom. The predicted molar refractivity (Wildman–Crippen MR) is 83.1 cm³/mol. The Morgan fingerprint density at radius 2 is 2.20 bits per heavy atom. The summed E-state index contributed by atoms with van der Waals surface area (Å²) < 4.78 is 14.1. The SMILES string of the molecule is CCc1cnc(C(C)Nc2nc3cc(F)ccc3s2)s1. The van der Waals surface area contributed by atoms with Crippen molar-refractivity contribution in [2.45, 2.75) is 26.3 Å². The van der Waals surface area contributed by atoms with E-state index in [0.717, 1.165) is 21.3 Å². The molecule has 1 aromatic carbocycles. The maximum atomic E-state index is 13.2. The van der Waals surface area contributed by atoms with Gasteiger partial charge in [0.05, 0.1) is 16.3 Å². The summed E-state index contributed by atoms with van der Waals surface area (Å²) in [6.45, 7) is 4.18. The van der Waals surface area contributed by atoms with Crippen LogP contribution in [0.2, 0.25) is 0 Å². The van der Waals surface area contributed by atoms with Crippen LogP contribution in [0, 0.1) is 5.82 Å². The quantitative estimate of drug-likeness (QED) is 0.764. The number of benzene rings is 1. The molecule has 3 rings (SSSR count). The van der Waals surface area contributed by atoms with E-state index < -0.39 is 0 Å². The van der Waals surface area contributed by atoms with Crippen molar-refractivity contribution in [3.05, 3.63) is 40.1 Å². The average Bonchev–Trinajstić information content (AvgIpc) is 3.03. The van der Waals surface area contributed by atoms with Gasteiger partial charge in [-0.1, -0.05) is 18.3 Å². The molecule has 0 spiro atoms. The number of anilines is 1. The second-order valence-corrected chi connectivity index (χ2v) is 6.69. The summed E-state index contributed by atoms with van der Waals surface area (Å²) in [6, 6.07) is 4.78. The van der Waals surface area contributed by atoms with E-state index in [9.17, 15) is 4.39 Å². The number of hydrogen-bond donors (Lipinski definition) is 1. The summed E-state index contributed by atoms with van der Waals surface area (Å²) in [5.41, 5.74) is 0.693. The zero-order chi connectivity index (χ0) is 14.1. The zero-order valence-electron chi connectivity index (χ0n) is 11.2. The number of hydrogen-bond acceptors (Lipinski definition) is 5. The fourth-order valence-electron chi connectivity index (χ4n) is 1.90. The highest BCUT2D eigenvalue weighted by Crippen LogP contribution is 2.30. The van der Waals surface area contributed by atoms with Crippen LogP contribution < -0.4 is 5.32 Å². The Bertz CT molecular complexity index is 735. The molecule has 2 aromatic heterocycles. The summed E-state index contributed by atoms with van der Waals surface area (Å²) in [5, 5.41) is 5.18. The maximum Gasteiger partial charge on any atom is 0.184 e. The van der Waals surface area contributed by atoms with Crippen molar-refractivity contribution in [2.24, 2.45) is 0 Å². The molecule has 1 atom stereocenters. The van der Waals surface area contributed by atoms with Gasteiger partial charge in [0, 0.05) is 17.1 Å². The standard InChI is InChI=1S/C14H14FN3S2/c1-3-10-7-16-13(19-10)8(2)17-14-18-11-6-9(15)4-5-12(11)20-14/h4-8H,3H2,1-2H3,(H,17,18). The van der Waals surface area contributed by atoms with Gasteiger partial charge < -0.3 is 5.32 Å². The lowest BCUT2D eigenvalue weighted by atomic mass is 10.3. The van der Waals surface area contributed by atoms with Gasteiger partial charge >= 0.3 is 0 Å². The first-order valence-corrected chi connectivity index (χ1v) is 8.06. The third-order valence-electron chi connectivity index (χ3n) is 2.98. The highest BCUT2D eigenvalue weighted by Gasteiger charge is 2.12. The van der Waals surface area contributed by atoms with E-state index in [4.69, 9.17) is 0 Å². The molecule has 0 radical (unpaired) electrons. The fourth-order valence-corrected chi connectivity index (χ4v) is 3.69. The first-order valence-electron chi connectivity index (χ1n) is 6.43. The van der Waals surface area contributed by atoms with Crippen LogP contribution in [0.1, 0.15) is 29.8 Å². The molecule has 3 nitrogen and oxygen atoms in total. The van der Waals surface area contributed by atoms with Gasteiger partial charge in [-0.15, -0.1) is 11.3 Å². The van der Waals surface area contributed by atoms with Gasteiger partial charge in [0.25, 0.3) is 0 Å². The number of halogens is 1. The number of nitrogens with one attached hydrogen (secondary N) is 1. The van der Waals surface area contributed by atoms with Crippen molar-refractivity contribution in [2.75, 3.05) is 5.32 Å². The number of thiazole rings is 2. The van der Waals surface area contributed by atoms with Crippen LogP contribution in [0.25, 0.3) is 10.2 Å². The molecule has 20 heavy (non-hydrogen) atoms. The summed E-state index contributed by atoms with van der Waals surface area (Å²) in [5.74, 6) is -0.255. The van der Waals surface area contributed by atoms with Gasteiger partial charge in [-0.2, -0.15) is 0 Å². The van der Waals surface area contributed by atoms with Crippen molar-refractivity contribution < 1.29 is 4.39 Å². The summed E-state index contributed by atoms with van der Waals surface area (Å²) >= 11 is 3.24. The molecule has 2 heterocycles. The number of nitrogens with zero attached hydrogens (tertiary/aromatic N) is 2. The first kappa shape index (κ1) is 13.5. The minimum absolute atomic E-state index is 0.103. The fraction of sp³-hybridized carbons (Fsp3) is 0.286. The van der Waals surface area contributed by atoms with E-state index in [1.807, 2.05) is 6.20 Å². The van der Waals surface area contributed by atoms with Crippen LogP contribution in [-0.2, 0) is 6.42 Å². The molecule has 0 saturated carbocycles. The average molecular weight is 307 g/mol. The molecule has 0 aliphatic rings. The van der Waals surface area contributed by atoms with Crippen molar-refractivity contribution in [3.63, 3.8) is 0 Å². The monoisotopic (exact) mass is 307 g/mol. The third-order valence-corrected chi connectivity index (χ3v) is 5.27. The van der Waals surface area contributed by atoms with Crippen LogP contribution >= 0.6 is 22.7 Å². The molecule has 6 heteroatoms. The Morgan fingerprint density at radius 1 is 1.35 bits per heavy atom. The van der Waals surface area contributed by atoms with Crippen molar-refractivity contribution in [1.29, 1.82) is 0 Å². The minimum atomic E-state index is -0.255. The number of fused-ring (bicyclic) bond motifs is 1. The van der Waals surface area contributed by atoms with Gasteiger partial charge in [0.1, 0.15) is 10.8 Å². The Kier molecular flexibility index (Phi) is 3.67. The van der Waals surface area contributed by atoms with E-state index in [1.54, 1.807) is 17.4 Å². The molecule has 104 valence electrons. The lowest BCUT2D eigenvalue weighted by Crippen LogP contribution is -2.05. The number of aromatic nitrogens is 2. The van der Waals surface area contributed by atoms with Crippen LogP contribution in [0.4, 0.5) is 9.52 Å². The summed E-state index contributed by atoms with van der Waals surface area (Å²) in [6.07, 6.45) is 2.93. The van der Waals surface area contributed by atoms with Crippen LogP contribution in [0.3, 0.4) is 0 Å².